The lowest BCUT2D eigenvalue weighted by atomic mass is 9.80. The molecule has 2 fully saturated rings. The average Bonchev–Trinajstić information content (AvgIpc) is 2.69. The van der Waals surface area contributed by atoms with Crippen LogP contribution in [0.5, 0.6) is 0 Å². The van der Waals surface area contributed by atoms with E-state index in [0.717, 1.165) is 0 Å². The number of nitrogens with zero attached hydrogens (tertiary/aromatic N) is 3. The summed E-state index contributed by atoms with van der Waals surface area (Å²) in [5.74, 6) is -0.171. The number of carbonyl (C=O) groups is 1. The molecule has 1 aromatic carbocycles. The van der Waals surface area contributed by atoms with Gasteiger partial charge in [0.15, 0.2) is 0 Å². The van der Waals surface area contributed by atoms with Crippen molar-refractivity contribution in [3.05, 3.63) is 40.9 Å². The number of carbonyl (C=O) groups excluding carboxylic acids is 1. The van der Waals surface area contributed by atoms with E-state index in [1.165, 1.54) is 10.9 Å². The molecule has 0 aliphatic carbocycles. The first-order chi connectivity index (χ1) is 13.0. The van der Waals surface area contributed by atoms with Gasteiger partial charge in [0.05, 0.1) is 35.5 Å². The van der Waals surface area contributed by atoms with Gasteiger partial charge < -0.3 is 19.8 Å². The highest BCUT2D eigenvalue weighted by Gasteiger charge is 2.48. The smallest absolute Gasteiger partial charge is 0.261 e. The molecular weight excluding hydrogens is 350 g/mol. The van der Waals surface area contributed by atoms with Gasteiger partial charge in [-0.25, -0.2) is 4.98 Å². The zero-order chi connectivity index (χ0) is 19.0. The second-order valence-corrected chi connectivity index (χ2v) is 7.29. The molecule has 1 spiro atoms. The van der Waals surface area contributed by atoms with Crippen molar-refractivity contribution in [2.24, 2.45) is 0 Å². The topological polar surface area (TPSA) is 105 Å². The van der Waals surface area contributed by atoms with Gasteiger partial charge in [0.1, 0.15) is 12.6 Å². The molecule has 0 unspecified atom stereocenters. The van der Waals surface area contributed by atoms with Gasteiger partial charge in [0.2, 0.25) is 5.91 Å². The number of benzene rings is 1. The van der Waals surface area contributed by atoms with Crippen LogP contribution >= 0.6 is 0 Å². The molecule has 2 aliphatic heterocycles. The number of amides is 1. The molecule has 1 aromatic heterocycles. The number of aliphatic hydroxyl groups is 2. The maximum absolute atomic E-state index is 12.7. The van der Waals surface area contributed by atoms with Crippen LogP contribution in [0.15, 0.2) is 35.4 Å². The largest absolute Gasteiger partial charge is 0.390 e. The Labute approximate surface area is 156 Å². The fourth-order valence-corrected chi connectivity index (χ4v) is 4.02. The van der Waals surface area contributed by atoms with Gasteiger partial charge in [0.25, 0.3) is 5.56 Å². The van der Waals surface area contributed by atoms with Gasteiger partial charge in [-0.05, 0) is 31.4 Å². The van der Waals surface area contributed by atoms with E-state index in [0.29, 0.717) is 49.9 Å². The van der Waals surface area contributed by atoms with Crippen LogP contribution in [0, 0.1) is 0 Å². The minimum absolute atomic E-state index is 0.0737. The highest BCUT2D eigenvalue weighted by molar-refractivity contribution is 5.79. The predicted molar refractivity (Wildman–Crippen MR) is 97.1 cm³/mol. The fourth-order valence-electron chi connectivity index (χ4n) is 4.02. The molecule has 144 valence electrons. The number of ether oxygens (including phenoxy) is 1. The van der Waals surface area contributed by atoms with Crippen LogP contribution in [-0.2, 0) is 16.1 Å². The maximum atomic E-state index is 12.7. The van der Waals surface area contributed by atoms with E-state index >= 15 is 0 Å². The van der Waals surface area contributed by atoms with E-state index < -0.39 is 17.8 Å². The van der Waals surface area contributed by atoms with E-state index in [2.05, 4.69) is 4.98 Å². The van der Waals surface area contributed by atoms with Crippen molar-refractivity contribution in [3.63, 3.8) is 0 Å². The predicted octanol–water partition coefficient (Wildman–Crippen LogP) is -0.100. The quantitative estimate of drug-likeness (QED) is 0.762. The molecule has 2 N–H and O–H groups in total. The van der Waals surface area contributed by atoms with Crippen molar-refractivity contribution in [1.29, 1.82) is 0 Å². The number of hydrogen-bond donors (Lipinski definition) is 2. The summed E-state index contributed by atoms with van der Waals surface area (Å²) in [5, 5.41) is 20.7. The van der Waals surface area contributed by atoms with Gasteiger partial charge in [0, 0.05) is 13.1 Å². The molecule has 0 saturated carbocycles. The second kappa shape index (κ2) is 7.03. The molecule has 0 radical (unpaired) electrons. The first-order valence-electron chi connectivity index (χ1n) is 9.22. The number of fused-ring (bicyclic) bond motifs is 1. The first-order valence-corrected chi connectivity index (χ1v) is 9.22. The molecule has 2 aromatic rings. The van der Waals surface area contributed by atoms with Crippen LogP contribution in [0.1, 0.15) is 19.3 Å². The van der Waals surface area contributed by atoms with Gasteiger partial charge in [-0.2, -0.15) is 0 Å². The van der Waals surface area contributed by atoms with Gasteiger partial charge in [-0.3, -0.25) is 14.2 Å². The summed E-state index contributed by atoms with van der Waals surface area (Å²) in [6.07, 6.45) is 1.02. The molecule has 27 heavy (non-hydrogen) atoms. The van der Waals surface area contributed by atoms with Crippen molar-refractivity contribution in [3.8, 4) is 0 Å². The van der Waals surface area contributed by atoms with Crippen LogP contribution in [-0.4, -0.2) is 68.1 Å². The number of aliphatic hydroxyl groups excluding tert-OH is 2. The van der Waals surface area contributed by atoms with Crippen molar-refractivity contribution < 1.29 is 19.7 Å². The summed E-state index contributed by atoms with van der Waals surface area (Å²) >= 11 is 0. The molecule has 1 amide bonds. The van der Waals surface area contributed by atoms with E-state index in [1.54, 1.807) is 23.1 Å². The molecule has 4 rings (SSSR count). The number of likely N-dealkylation sites (tertiary alicyclic amines) is 1. The summed E-state index contributed by atoms with van der Waals surface area (Å²) in [5.41, 5.74) is -0.416. The van der Waals surface area contributed by atoms with Gasteiger partial charge >= 0.3 is 0 Å². The summed E-state index contributed by atoms with van der Waals surface area (Å²) in [4.78, 5) is 31.1. The first kappa shape index (κ1) is 18.1. The third kappa shape index (κ3) is 3.24. The Morgan fingerprint density at radius 3 is 2.78 bits per heavy atom. The fraction of sp³-hybridized carbons (Fsp3) is 0.526. The molecule has 8 nitrogen and oxygen atoms in total. The van der Waals surface area contributed by atoms with Crippen LogP contribution in [0.2, 0.25) is 0 Å². The second-order valence-electron chi connectivity index (χ2n) is 7.29. The lowest BCUT2D eigenvalue weighted by Gasteiger charge is -2.48. The molecule has 3 heterocycles. The molecule has 2 saturated heterocycles. The molecule has 2 atom stereocenters. The Morgan fingerprint density at radius 1 is 1.26 bits per heavy atom. The molecule has 2 aliphatic rings. The van der Waals surface area contributed by atoms with Crippen molar-refractivity contribution in [2.75, 3.05) is 19.7 Å². The van der Waals surface area contributed by atoms with E-state index in [-0.39, 0.29) is 18.0 Å². The van der Waals surface area contributed by atoms with E-state index in [1.807, 2.05) is 6.07 Å². The van der Waals surface area contributed by atoms with E-state index in [9.17, 15) is 19.8 Å². The van der Waals surface area contributed by atoms with Crippen LogP contribution < -0.4 is 5.56 Å². The monoisotopic (exact) mass is 373 g/mol. The maximum Gasteiger partial charge on any atom is 0.261 e. The van der Waals surface area contributed by atoms with Crippen LogP contribution in [0.3, 0.4) is 0 Å². The zero-order valence-corrected chi connectivity index (χ0v) is 15.0. The zero-order valence-electron chi connectivity index (χ0n) is 15.0. The highest BCUT2D eigenvalue weighted by atomic mass is 16.5. The number of aromatic nitrogens is 2. The third-order valence-corrected chi connectivity index (χ3v) is 5.71. The number of piperidine rings is 1. The number of rotatable bonds is 2. The van der Waals surface area contributed by atoms with Gasteiger partial charge in [-0.1, -0.05) is 12.1 Å². The highest BCUT2D eigenvalue weighted by Crippen LogP contribution is 2.35. The Morgan fingerprint density at radius 2 is 2.00 bits per heavy atom. The Kier molecular flexibility index (Phi) is 4.71. The number of hydrogen-bond acceptors (Lipinski definition) is 6. The Hall–Kier alpha value is -2.29. The summed E-state index contributed by atoms with van der Waals surface area (Å²) in [6, 6.07) is 7.04. The summed E-state index contributed by atoms with van der Waals surface area (Å²) < 4.78 is 7.11. The number of para-hydroxylation sites is 1. The standard InChI is InChI=1S/C19H23N3O5/c23-15-5-10-27-19(17(15)25)6-8-21(9-7-19)16(24)11-22-12-20-14-4-2-1-3-13(14)18(22)26/h1-4,12,15,17,23,25H,5-11H2/t15-,17-/m0/s1. The van der Waals surface area contributed by atoms with E-state index in [4.69, 9.17) is 4.74 Å². The van der Waals surface area contributed by atoms with Crippen molar-refractivity contribution in [1.82, 2.24) is 14.5 Å². The summed E-state index contributed by atoms with van der Waals surface area (Å²) in [6.45, 7) is 1.16. The van der Waals surface area contributed by atoms with Gasteiger partial charge in [-0.15, -0.1) is 0 Å². The van der Waals surface area contributed by atoms with Crippen molar-refractivity contribution >= 4 is 16.8 Å². The van der Waals surface area contributed by atoms with Crippen LogP contribution in [0.25, 0.3) is 10.9 Å². The minimum Gasteiger partial charge on any atom is -0.390 e. The normalized spacial score (nSPS) is 25.0. The lowest BCUT2D eigenvalue weighted by molar-refractivity contribution is -0.214. The molecular formula is C19H23N3O5. The summed E-state index contributed by atoms with van der Waals surface area (Å²) in [7, 11) is 0. The average molecular weight is 373 g/mol. The van der Waals surface area contributed by atoms with Crippen molar-refractivity contribution in [2.45, 2.75) is 43.6 Å². The SMILES string of the molecule is O=C(Cn1cnc2ccccc2c1=O)N1CCC2(CC1)OCC[C@H](O)[C@@H]2O. The Bertz CT molecular complexity index is 904. The third-order valence-electron chi connectivity index (χ3n) is 5.71. The lowest BCUT2D eigenvalue weighted by Crippen LogP contribution is -2.60. The minimum atomic E-state index is -0.934. The van der Waals surface area contributed by atoms with Crippen LogP contribution in [0.4, 0.5) is 0 Å². The Balaban J connectivity index is 1.45. The molecule has 0 bridgehead atoms. The molecule has 8 heteroatoms.